The number of aryl methyl sites for hydroxylation is 1. The number of hydrogen-bond donors (Lipinski definition) is 2. The predicted molar refractivity (Wildman–Crippen MR) is 52.6 cm³/mol. The van der Waals surface area contributed by atoms with Crippen LogP contribution in [-0.2, 0) is 12.8 Å². The fourth-order valence-electron chi connectivity index (χ4n) is 1.31. The van der Waals surface area contributed by atoms with Crippen LogP contribution >= 0.6 is 0 Å². The first-order valence-corrected chi connectivity index (χ1v) is 4.63. The second kappa shape index (κ2) is 5.00. The number of benzene rings is 1. The maximum absolute atomic E-state index is 9.22. The fraction of sp³-hybridized carbons (Fsp3) is 0.455. The highest BCUT2D eigenvalue weighted by molar-refractivity contribution is 5.23. The maximum atomic E-state index is 9.22. The fourth-order valence-corrected chi connectivity index (χ4v) is 1.31. The summed E-state index contributed by atoms with van der Waals surface area (Å²) >= 11 is 0. The Kier molecular flexibility index (Phi) is 3.93. The Bertz CT molecular complexity index is 258. The molecule has 13 heavy (non-hydrogen) atoms. The molecule has 1 aromatic carbocycles. The van der Waals surface area contributed by atoms with Gasteiger partial charge in [-0.1, -0.05) is 31.2 Å². The Morgan fingerprint density at radius 3 is 2.62 bits per heavy atom. The second-order valence-electron chi connectivity index (χ2n) is 3.21. The van der Waals surface area contributed by atoms with Crippen molar-refractivity contribution in [2.45, 2.75) is 25.9 Å². The van der Waals surface area contributed by atoms with Crippen molar-refractivity contribution in [3.8, 4) is 0 Å². The minimum Gasteiger partial charge on any atom is -0.394 e. The summed E-state index contributed by atoms with van der Waals surface area (Å²) in [5.74, 6) is 0. The summed E-state index contributed by atoms with van der Waals surface area (Å²) in [5, 5.41) is 17.9. The molecule has 0 aliphatic rings. The summed E-state index contributed by atoms with van der Waals surface area (Å²) in [6.45, 7) is 1.93. The van der Waals surface area contributed by atoms with E-state index in [0.717, 1.165) is 12.0 Å². The van der Waals surface area contributed by atoms with Gasteiger partial charge in [0, 0.05) is 6.42 Å². The number of rotatable bonds is 4. The van der Waals surface area contributed by atoms with Crippen LogP contribution in [0.1, 0.15) is 18.1 Å². The molecule has 0 amide bonds. The van der Waals surface area contributed by atoms with Crippen LogP contribution in [0.15, 0.2) is 24.3 Å². The zero-order chi connectivity index (χ0) is 9.68. The maximum Gasteiger partial charge on any atom is 0.0811 e. The Labute approximate surface area is 78.8 Å². The van der Waals surface area contributed by atoms with Crippen molar-refractivity contribution in [2.75, 3.05) is 6.61 Å². The molecule has 72 valence electrons. The number of aliphatic hydroxyl groups excluding tert-OH is 2. The molecule has 0 aromatic heterocycles. The van der Waals surface area contributed by atoms with Gasteiger partial charge in [0.05, 0.1) is 12.7 Å². The molecule has 1 atom stereocenters. The highest BCUT2D eigenvalue weighted by atomic mass is 16.3. The zero-order valence-corrected chi connectivity index (χ0v) is 7.90. The summed E-state index contributed by atoms with van der Waals surface area (Å²) < 4.78 is 0. The van der Waals surface area contributed by atoms with Crippen molar-refractivity contribution in [3.05, 3.63) is 35.4 Å². The van der Waals surface area contributed by atoms with Crippen LogP contribution in [0.3, 0.4) is 0 Å². The van der Waals surface area contributed by atoms with Gasteiger partial charge in [-0.3, -0.25) is 0 Å². The summed E-state index contributed by atoms with van der Waals surface area (Å²) in [6.07, 6.45) is 0.903. The SMILES string of the molecule is CCc1cccc(CC(O)CO)c1. The number of hydrogen-bond acceptors (Lipinski definition) is 2. The molecule has 0 bridgehead atoms. The molecule has 2 N–H and O–H groups in total. The van der Waals surface area contributed by atoms with Crippen molar-refractivity contribution in [1.82, 2.24) is 0 Å². The van der Waals surface area contributed by atoms with Crippen molar-refractivity contribution in [2.24, 2.45) is 0 Å². The largest absolute Gasteiger partial charge is 0.394 e. The van der Waals surface area contributed by atoms with E-state index in [1.165, 1.54) is 5.56 Å². The van der Waals surface area contributed by atoms with E-state index in [0.29, 0.717) is 6.42 Å². The van der Waals surface area contributed by atoms with Crippen LogP contribution in [0.2, 0.25) is 0 Å². The molecule has 0 fully saturated rings. The Morgan fingerprint density at radius 1 is 1.31 bits per heavy atom. The predicted octanol–water partition coefficient (Wildman–Crippen LogP) is 1.14. The molecule has 2 heteroatoms. The average Bonchev–Trinajstić information content (AvgIpc) is 2.18. The lowest BCUT2D eigenvalue weighted by molar-refractivity contribution is 0.0955. The van der Waals surface area contributed by atoms with E-state index in [4.69, 9.17) is 5.11 Å². The van der Waals surface area contributed by atoms with Crippen LogP contribution < -0.4 is 0 Å². The van der Waals surface area contributed by atoms with E-state index < -0.39 is 6.10 Å². The third-order valence-corrected chi connectivity index (χ3v) is 2.08. The van der Waals surface area contributed by atoms with E-state index in [-0.39, 0.29) is 6.61 Å². The smallest absolute Gasteiger partial charge is 0.0811 e. The monoisotopic (exact) mass is 180 g/mol. The van der Waals surface area contributed by atoms with E-state index >= 15 is 0 Å². The van der Waals surface area contributed by atoms with Crippen LogP contribution in [0.25, 0.3) is 0 Å². The Balaban J connectivity index is 2.66. The van der Waals surface area contributed by atoms with Gasteiger partial charge in [0.25, 0.3) is 0 Å². The van der Waals surface area contributed by atoms with E-state index in [2.05, 4.69) is 19.1 Å². The molecule has 0 saturated heterocycles. The van der Waals surface area contributed by atoms with Crippen LogP contribution in [0.4, 0.5) is 0 Å². The average molecular weight is 180 g/mol. The van der Waals surface area contributed by atoms with Crippen LogP contribution in [-0.4, -0.2) is 22.9 Å². The molecular formula is C11H16O2. The van der Waals surface area contributed by atoms with Crippen molar-refractivity contribution >= 4 is 0 Å². The van der Waals surface area contributed by atoms with Crippen LogP contribution in [0, 0.1) is 0 Å². The molecule has 0 spiro atoms. The van der Waals surface area contributed by atoms with E-state index in [9.17, 15) is 5.11 Å². The third-order valence-electron chi connectivity index (χ3n) is 2.08. The van der Waals surface area contributed by atoms with Gasteiger partial charge in [0.15, 0.2) is 0 Å². The summed E-state index contributed by atoms with van der Waals surface area (Å²) in [6, 6.07) is 8.09. The first kappa shape index (κ1) is 10.2. The quantitative estimate of drug-likeness (QED) is 0.729. The lowest BCUT2D eigenvalue weighted by Gasteiger charge is -2.07. The Hall–Kier alpha value is -0.860. The van der Waals surface area contributed by atoms with Gasteiger partial charge >= 0.3 is 0 Å². The van der Waals surface area contributed by atoms with Gasteiger partial charge in [-0.25, -0.2) is 0 Å². The lowest BCUT2D eigenvalue weighted by atomic mass is 10.0. The van der Waals surface area contributed by atoms with Crippen molar-refractivity contribution in [1.29, 1.82) is 0 Å². The molecule has 0 aliphatic carbocycles. The standard InChI is InChI=1S/C11H16O2/c1-2-9-4-3-5-10(6-9)7-11(13)8-12/h3-6,11-13H,2,7-8H2,1H3. The molecule has 1 aromatic rings. The molecule has 1 rings (SSSR count). The molecule has 0 aliphatic heterocycles. The van der Waals surface area contributed by atoms with Gasteiger partial charge in [0.2, 0.25) is 0 Å². The minimum absolute atomic E-state index is 0.170. The van der Waals surface area contributed by atoms with Gasteiger partial charge < -0.3 is 10.2 Å². The first-order valence-electron chi connectivity index (χ1n) is 4.63. The first-order chi connectivity index (χ1) is 6.26. The van der Waals surface area contributed by atoms with Gasteiger partial charge in [-0.2, -0.15) is 0 Å². The molecule has 2 nitrogen and oxygen atoms in total. The number of aliphatic hydroxyl groups is 2. The van der Waals surface area contributed by atoms with E-state index in [1.807, 2.05) is 12.1 Å². The molecule has 1 unspecified atom stereocenters. The van der Waals surface area contributed by atoms with Crippen molar-refractivity contribution in [3.63, 3.8) is 0 Å². The molecule has 0 radical (unpaired) electrons. The summed E-state index contributed by atoms with van der Waals surface area (Å²) in [5.41, 5.74) is 2.35. The molecule has 0 saturated carbocycles. The topological polar surface area (TPSA) is 40.5 Å². The third kappa shape index (κ3) is 3.17. The second-order valence-corrected chi connectivity index (χ2v) is 3.21. The highest BCUT2D eigenvalue weighted by Gasteiger charge is 2.03. The van der Waals surface area contributed by atoms with Crippen LogP contribution in [0.5, 0.6) is 0 Å². The van der Waals surface area contributed by atoms with Gasteiger partial charge in [0.1, 0.15) is 0 Å². The molecule has 0 heterocycles. The molecular weight excluding hydrogens is 164 g/mol. The lowest BCUT2D eigenvalue weighted by Crippen LogP contribution is -2.15. The van der Waals surface area contributed by atoms with Crippen molar-refractivity contribution < 1.29 is 10.2 Å². The van der Waals surface area contributed by atoms with Gasteiger partial charge in [-0.15, -0.1) is 0 Å². The minimum atomic E-state index is -0.632. The van der Waals surface area contributed by atoms with E-state index in [1.54, 1.807) is 0 Å². The summed E-state index contributed by atoms with van der Waals surface area (Å²) in [7, 11) is 0. The normalized spacial score (nSPS) is 12.8. The highest BCUT2D eigenvalue weighted by Crippen LogP contribution is 2.08. The Morgan fingerprint density at radius 2 is 2.00 bits per heavy atom. The zero-order valence-electron chi connectivity index (χ0n) is 7.90. The van der Waals surface area contributed by atoms with Gasteiger partial charge in [-0.05, 0) is 17.5 Å². The summed E-state index contributed by atoms with van der Waals surface area (Å²) in [4.78, 5) is 0.